The van der Waals surface area contributed by atoms with E-state index in [1.54, 1.807) is 6.20 Å². The van der Waals surface area contributed by atoms with Crippen LogP contribution in [0.25, 0.3) is 0 Å². The third kappa shape index (κ3) is 3.11. The van der Waals surface area contributed by atoms with Crippen LogP contribution in [-0.4, -0.2) is 28.9 Å². The number of rotatable bonds is 3. The summed E-state index contributed by atoms with van der Waals surface area (Å²) in [5.74, 6) is 0. The Morgan fingerprint density at radius 2 is 2.39 bits per heavy atom. The number of nitrogens with one attached hydrogen (secondary N) is 2. The molecule has 1 aromatic rings. The Labute approximate surface area is 115 Å². The molecule has 0 aliphatic carbocycles. The van der Waals surface area contributed by atoms with Gasteiger partial charge in [0, 0.05) is 12.6 Å². The van der Waals surface area contributed by atoms with E-state index in [2.05, 4.69) is 31.7 Å². The van der Waals surface area contributed by atoms with Gasteiger partial charge in [-0.2, -0.15) is 5.10 Å². The quantitative estimate of drug-likeness (QED) is 0.889. The summed E-state index contributed by atoms with van der Waals surface area (Å²) in [4.78, 5) is 11.9. The summed E-state index contributed by atoms with van der Waals surface area (Å²) in [6.45, 7) is 4.60. The molecule has 2 N–H and O–H groups in total. The molecule has 1 aromatic heterocycles. The zero-order valence-corrected chi connectivity index (χ0v) is 12.2. The molecule has 0 radical (unpaired) electrons. The maximum atomic E-state index is 11.9. The number of aromatic nitrogens is 2. The average molecular weight is 315 g/mol. The summed E-state index contributed by atoms with van der Waals surface area (Å²) in [5.41, 5.74) is 0.728. The smallest absolute Gasteiger partial charge is 0.283 e. The van der Waals surface area contributed by atoms with E-state index < -0.39 is 0 Å². The van der Waals surface area contributed by atoms with Gasteiger partial charge in [0.2, 0.25) is 0 Å². The van der Waals surface area contributed by atoms with Gasteiger partial charge in [0.1, 0.15) is 4.47 Å². The highest BCUT2D eigenvalue weighted by Crippen LogP contribution is 2.19. The Hall–Kier alpha value is -0.880. The van der Waals surface area contributed by atoms with Gasteiger partial charge in [-0.3, -0.25) is 4.79 Å². The SMILES string of the molecule is CCn1ncc(NC2CCCNCC2)c(Br)c1=O. The lowest BCUT2D eigenvalue weighted by Gasteiger charge is -2.18. The Morgan fingerprint density at radius 3 is 3.17 bits per heavy atom. The zero-order valence-electron chi connectivity index (χ0n) is 10.6. The first-order chi connectivity index (χ1) is 8.72. The van der Waals surface area contributed by atoms with Gasteiger partial charge in [-0.15, -0.1) is 0 Å². The van der Waals surface area contributed by atoms with Crippen molar-refractivity contribution in [1.29, 1.82) is 0 Å². The van der Waals surface area contributed by atoms with E-state index in [-0.39, 0.29) is 5.56 Å². The molecule has 0 bridgehead atoms. The first-order valence-electron chi connectivity index (χ1n) is 6.45. The predicted molar refractivity (Wildman–Crippen MR) is 76.0 cm³/mol. The Balaban J connectivity index is 2.13. The van der Waals surface area contributed by atoms with E-state index in [0.717, 1.165) is 38.0 Å². The molecule has 0 amide bonds. The third-order valence-electron chi connectivity index (χ3n) is 3.22. The van der Waals surface area contributed by atoms with Crippen molar-refractivity contribution in [3.63, 3.8) is 0 Å². The van der Waals surface area contributed by atoms with Crippen molar-refractivity contribution in [2.24, 2.45) is 0 Å². The van der Waals surface area contributed by atoms with Gasteiger partial charge >= 0.3 is 0 Å². The van der Waals surface area contributed by atoms with Gasteiger partial charge < -0.3 is 10.6 Å². The summed E-state index contributed by atoms with van der Waals surface area (Å²) >= 11 is 3.37. The lowest BCUT2D eigenvalue weighted by molar-refractivity contribution is 0.605. The highest BCUT2D eigenvalue weighted by atomic mass is 79.9. The number of nitrogens with zero attached hydrogens (tertiary/aromatic N) is 2. The number of hydrogen-bond acceptors (Lipinski definition) is 4. The number of anilines is 1. The van der Waals surface area contributed by atoms with Gasteiger partial charge in [-0.25, -0.2) is 4.68 Å². The van der Waals surface area contributed by atoms with E-state index in [9.17, 15) is 4.79 Å². The van der Waals surface area contributed by atoms with Crippen molar-refractivity contribution in [2.45, 2.75) is 38.8 Å². The molecule has 1 unspecified atom stereocenters. The fourth-order valence-corrected chi connectivity index (χ4v) is 2.60. The molecule has 18 heavy (non-hydrogen) atoms. The molecular weight excluding hydrogens is 296 g/mol. The fraction of sp³-hybridized carbons (Fsp3) is 0.667. The van der Waals surface area contributed by atoms with Crippen LogP contribution in [0.4, 0.5) is 5.69 Å². The van der Waals surface area contributed by atoms with E-state index in [1.807, 2.05) is 6.92 Å². The second-order valence-electron chi connectivity index (χ2n) is 4.52. The Bertz CT molecular complexity index is 452. The molecule has 5 nitrogen and oxygen atoms in total. The molecule has 0 saturated carbocycles. The number of aryl methyl sites for hydroxylation is 1. The van der Waals surface area contributed by atoms with E-state index >= 15 is 0 Å². The van der Waals surface area contributed by atoms with Crippen molar-refractivity contribution in [2.75, 3.05) is 18.4 Å². The van der Waals surface area contributed by atoms with Crippen molar-refractivity contribution >= 4 is 21.6 Å². The topological polar surface area (TPSA) is 59.0 Å². The summed E-state index contributed by atoms with van der Waals surface area (Å²) < 4.78 is 2.03. The Kier molecular flexibility index (Phi) is 4.77. The van der Waals surface area contributed by atoms with Gasteiger partial charge in [-0.05, 0) is 55.2 Å². The molecular formula is C12H19BrN4O. The predicted octanol–water partition coefficient (Wildman–Crippen LogP) is 1.58. The minimum atomic E-state index is -0.0748. The first kappa shape index (κ1) is 13.5. The molecule has 100 valence electrons. The summed E-state index contributed by atoms with van der Waals surface area (Å²) in [6.07, 6.45) is 5.08. The molecule has 1 atom stereocenters. The molecule has 2 rings (SSSR count). The second-order valence-corrected chi connectivity index (χ2v) is 5.31. The van der Waals surface area contributed by atoms with Gasteiger partial charge in [-0.1, -0.05) is 0 Å². The molecule has 0 spiro atoms. The van der Waals surface area contributed by atoms with E-state index in [0.29, 0.717) is 17.1 Å². The van der Waals surface area contributed by atoms with Crippen LogP contribution in [0, 0.1) is 0 Å². The molecule has 1 aliphatic heterocycles. The lowest BCUT2D eigenvalue weighted by Crippen LogP contribution is -2.27. The monoisotopic (exact) mass is 314 g/mol. The number of hydrogen-bond donors (Lipinski definition) is 2. The average Bonchev–Trinajstić information content (AvgIpc) is 2.64. The van der Waals surface area contributed by atoms with Crippen LogP contribution in [0.2, 0.25) is 0 Å². The summed E-state index contributed by atoms with van der Waals surface area (Å²) in [7, 11) is 0. The van der Waals surface area contributed by atoms with Gasteiger partial charge in [0.15, 0.2) is 0 Å². The van der Waals surface area contributed by atoms with E-state index in [4.69, 9.17) is 0 Å². The van der Waals surface area contributed by atoms with Gasteiger partial charge in [0.05, 0.1) is 11.9 Å². The van der Waals surface area contributed by atoms with Crippen LogP contribution in [0.1, 0.15) is 26.2 Å². The molecule has 6 heteroatoms. The second kappa shape index (κ2) is 6.33. The first-order valence-corrected chi connectivity index (χ1v) is 7.24. The van der Waals surface area contributed by atoms with E-state index in [1.165, 1.54) is 4.68 Å². The molecule has 2 heterocycles. The fourth-order valence-electron chi connectivity index (χ4n) is 2.17. The molecule has 1 saturated heterocycles. The van der Waals surface area contributed by atoms with Gasteiger partial charge in [0.25, 0.3) is 5.56 Å². The maximum Gasteiger partial charge on any atom is 0.283 e. The normalized spacial score (nSPS) is 20.4. The minimum Gasteiger partial charge on any atom is -0.380 e. The standard InChI is InChI=1S/C12H19BrN4O/c1-2-17-12(18)11(13)10(8-15-17)16-9-4-3-6-14-7-5-9/h8-9,14,16H,2-7H2,1H3. The van der Waals surface area contributed by atoms with Crippen LogP contribution in [-0.2, 0) is 6.54 Å². The largest absolute Gasteiger partial charge is 0.380 e. The van der Waals surface area contributed by atoms with Crippen LogP contribution >= 0.6 is 15.9 Å². The van der Waals surface area contributed by atoms with Crippen molar-refractivity contribution in [3.05, 3.63) is 21.0 Å². The zero-order chi connectivity index (χ0) is 13.0. The van der Waals surface area contributed by atoms with Crippen LogP contribution in [0.3, 0.4) is 0 Å². The summed E-state index contributed by atoms with van der Waals surface area (Å²) in [5, 5.41) is 10.9. The van der Waals surface area contributed by atoms with Crippen LogP contribution < -0.4 is 16.2 Å². The number of halogens is 1. The van der Waals surface area contributed by atoms with Crippen LogP contribution in [0.5, 0.6) is 0 Å². The Morgan fingerprint density at radius 1 is 1.56 bits per heavy atom. The molecule has 0 aromatic carbocycles. The molecule has 1 aliphatic rings. The highest BCUT2D eigenvalue weighted by molar-refractivity contribution is 9.10. The molecule has 1 fully saturated rings. The summed E-state index contributed by atoms with van der Waals surface area (Å²) in [6, 6.07) is 0.412. The van der Waals surface area contributed by atoms with Crippen molar-refractivity contribution < 1.29 is 0 Å². The third-order valence-corrected chi connectivity index (χ3v) is 3.99. The maximum absolute atomic E-state index is 11.9. The van der Waals surface area contributed by atoms with Crippen molar-refractivity contribution in [3.8, 4) is 0 Å². The van der Waals surface area contributed by atoms with Crippen LogP contribution in [0.15, 0.2) is 15.5 Å². The highest BCUT2D eigenvalue weighted by Gasteiger charge is 2.14. The van der Waals surface area contributed by atoms with Crippen molar-refractivity contribution in [1.82, 2.24) is 15.1 Å². The minimum absolute atomic E-state index is 0.0748. The lowest BCUT2D eigenvalue weighted by atomic mass is 10.1.